The highest BCUT2D eigenvalue weighted by Crippen LogP contribution is 2.03. The Bertz CT molecular complexity index is 439. The number of nitriles is 1. The molecule has 0 heterocycles. The third-order valence-corrected chi connectivity index (χ3v) is 2.75. The van der Waals surface area contributed by atoms with E-state index in [0.717, 1.165) is 6.42 Å². The number of amides is 1. The van der Waals surface area contributed by atoms with Gasteiger partial charge in [0.05, 0.1) is 6.10 Å². The SMILES string of the molecule is CC(C)OCCCN/C=C(/C#N)C(=O)NC(C(=O)O)C(C)C. The molecule has 1 unspecified atom stereocenters. The number of carbonyl (C=O) groups excluding carboxylic acids is 1. The molecule has 0 aliphatic rings. The van der Waals surface area contributed by atoms with Crippen molar-refractivity contribution in [1.82, 2.24) is 10.6 Å². The topological polar surface area (TPSA) is 111 Å². The molecule has 0 fully saturated rings. The van der Waals surface area contributed by atoms with E-state index < -0.39 is 17.9 Å². The Labute approximate surface area is 131 Å². The van der Waals surface area contributed by atoms with Crippen LogP contribution in [0.1, 0.15) is 34.1 Å². The van der Waals surface area contributed by atoms with Gasteiger partial charge in [-0.3, -0.25) is 4.79 Å². The van der Waals surface area contributed by atoms with E-state index in [1.54, 1.807) is 19.9 Å². The second-order valence-corrected chi connectivity index (χ2v) is 5.43. The number of hydrogen-bond donors (Lipinski definition) is 3. The molecule has 0 saturated heterocycles. The molecule has 0 aliphatic carbocycles. The first-order valence-corrected chi connectivity index (χ1v) is 7.28. The minimum atomic E-state index is -1.13. The van der Waals surface area contributed by atoms with Crippen LogP contribution in [-0.2, 0) is 14.3 Å². The van der Waals surface area contributed by atoms with E-state index in [1.807, 2.05) is 13.8 Å². The fourth-order valence-electron chi connectivity index (χ4n) is 1.55. The number of nitrogens with one attached hydrogen (secondary N) is 2. The fraction of sp³-hybridized carbons (Fsp3) is 0.667. The van der Waals surface area contributed by atoms with Gasteiger partial charge in [0.2, 0.25) is 0 Å². The van der Waals surface area contributed by atoms with Gasteiger partial charge in [-0.1, -0.05) is 13.8 Å². The van der Waals surface area contributed by atoms with Gasteiger partial charge >= 0.3 is 5.97 Å². The lowest BCUT2D eigenvalue weighted by Crippen LogP contribution is -2.44. The lowest BCUT2D eigenvalue weighted by atomic mass is 10.0. The molecule has 3 N–H and O–H groups in total. The Kier molecular flexibility index (Phi) is 9.63. The molecule has 0 saturated carbocycles. The summed E-state index contributed by atoms with van der Waals surface area (Å²) in [6.45, 7) is 8.39. The number of carboxylic acid groups (broad SMARTS) is 1. The van der Waals surface area contributed by atoms with Crippen LogP contribution in [0.4, 0.5) is 0 Å². The molecule has 1 atom stereocenters. The quantitative estimate of drug-likeness (QED) is 0.315. The van der Waals surface area contributed by atoms with Gasteiger partial charge in [0, 0.05) is 19.4 Å². The second kappa shape index (κ2) is 10.6. The van der Waals surface area contributed by atoms with Crippen molar-refractivity contribution < 1.29 is 19.4 Å². The summed E-state index contributed by atoms with van der Waals surface area (Å²) >= 11 is 0. The molecule has 0 rings (SSSR count). The van der Waals surface area contributed by atoms with E-state index in [2.05, 4.69) is 10.6 Å². The summed E-state index contributed by atoms with van der Waals surface area (Å²) < 4.78 is 5.36. The summed E-state index contributed by atoms with van der Waals surface area (Å²) in [6.07, 6.45) is 2.20. The largest absolute Gasteiger partial charge is 0.480 e. The van der Waals surface area contributed by atoms with E-state index in [1.165, 1.54) is 6.20 Å². The van der Waals surface area contributed by atoms with Crippen LogP contribution in [0.25, 0.3) is 0 Å². The Balaban J connectivity index is 4.38. The highest BCUT2D eigenvalue weighted by atomic mass is 16.5. The average molecular weight is 311 g/mol. The second-order valence-electron chi connectivity index (χ2n) is 5.43. The Morgan fingerprint density at radius 1 is 1.32 bits per heavy atom. The molecular weight excluding hydrogens is 286 g/mol. The summed E-state index contributed by atoms with van der Waals surface area (Å²) in [5, 5.41) is 23.2. The number of ether oxygens (including phenoxy) is 1. The monoisotopic (exact) mass is 311 g/mol. The first kappa shape index (κ1) is 19.9. The smallest absolute Gasteiger partial charge is 0.326 e. The van der Waals surface area contributed by atoms with Gasteiger partial charge in [0.25, 0.3) is 5.91 Å². The van der Waals surface area contributed by atoms with E-state index in [4.69, 9.17) is 15.1 Å². The summed E-state index contributed by atoms with van der Waals surface area (Å²) in [4.78, 5) is 22.9. The standard InChI is InChI=1S/C15H25N3O4/c1-10(2)13(15(20)21)18-14(19)12(8-16)9-17-6-5-7-22-11(3)4/h9-11,13,17H,5-7H2,1-4H3,(H,18,19)(H,20,21)/b12-9-. The van der Waals surface area contributed by atoms with Crippen LogP contribution in [-0.4, -0.2) is 42.3 Å². The maximum absolute atomic E-state index is 11.9. The zero-order valence-corrected chi connectivity index (χ0v) is 13.5. The number of aliphatic carboxylic acids is 1. The van der Waals surface area contributed by atoms with Crippen LogP contribution in [0.5, 0.6) is 0 Å². The van der Waals surface area contributed by atoms with E-state index in [0.29, 0.717) is 13.2 Å². The van der Waals surface area contributed by atoms with Gasteiger partial charge in [0.15, 0.2) is 0 Å². The number of hydrogen-bond acceptors (Lipinski definition) is 5. The molecule has 0 bridgehead atoms. The van der Waals surface area contributed by atoms with E-state index in [-0.39, 0.29) is 17.6 Å². The van der Waals surface area contributed by atoms with Gasteiger partial charge in [0.1, 0.15) is 17.7 Å². The van der Waals surface area contributed by atoms with Crippen LogP contribution in [0.3, 0.4) is 0 Å². The zero-order valence-electron chi connectivity index (χ0n) is 13.5. The van der Waals surface area contributed by atoms with Crippen molar-refractivity contribution in [3.05, 3.63) is 11.8 Å². The fourth-order valence-corrected chi connectivity index (χ4v) is 1.55. The van der Waals surface area contributed by atoms with Gasteiger partial charge in [-0.05, 0) is 26.2 Å². The van der Waals surface area contributed by atoms with Gasteiger partial charge < -0.3 is 20.5 Å². The molecule has 0 aliphatic heterocycles. The van der Waals surface area contributed by atoms with Gasteiger partial charge in [-0.15, -0.1) is 0 Å². The predicted molar refractivity (Wildman–Crippen MR) is 81.8 cm³/mol. The Morgan fingerprint density at radius 3 is 2.41 bits per heavy atom. The molecule has 0 aromatic rings. The summed E-state index contributed by atoms with van der Waals surface area (Å²) in [6, 6.07) is 0.732. The number of nitrogens with zero attached hydrogens (tertiary/aromatic N) is 1. The molecule has 0 spiro atoms. The molecule has 7 nitrogen and oxygen atoms in total. The average Bonchev–Trinajstić information content (AvgIpc) is 2.42. The van der Waals surface area contributed by atoms with Crippen LogP contribution >= 0.6 is 0 Å². The van der Waals surface area contributed by atoms with Crippen molar-refractivity contribution >= 4 is 11.9 Å². The van der Waals surface area contributed by atoms with Crippen LogP contribution in [0.15, 0.2) is 11.8 Å². The zero-order chi connectivity index (χ0) is 17.1. The molecular formula is C15H25N3O4. The summed E-state index contributed by atoms with van der Waals surface area (Å²) in [7, 11) is 0. The predicted octanol–water partition coefficient (Wildman–Crippen LogP) is 1.02. The minimum absolute atomic E-state index is 0.156. The van der Waals surface area contributed by atoms with Crippen molar-refractivity contribution in [3.63, 3.8) is 0 Å². The minimum Gasteiger partial charge on any atom is -0.480 e. The van der Waals surface area contributed by atoms with Crippen molar-refractivity contribution in [3.8, 4) is 6.07 Å². The molecule has 22 heavy (non-hydrogen) atoms. The number of carbonyl (C=O) groups is 2. The summed E-state index contributed by atoms with van der Waals surface area (Å²) in [5.41, 5.74) is -0.156. The molecule has 7 heteroatoms. The number of carboxylic acids is 1. The molecule has 124 valence electrons. The lowest BCUT2D eigenvalue weighted by molar-refractivity contribution is -0.142. The van der Waals surface area contributed by atoms with Crippen molar-refractivity contribution in [2.45, 2.75) is 46.3 Å². The van der Waals surface area contributed by atoms with Crippen molar-refractivity contribution in [1.29, 1.82) is 5.26 Å². The third-order valence-electron chi connectivity index (χ3n) is 2.75. The van der Waals surface area contributed by atoms with Gasteiger partial charge in [-0.25, -0.2) is 4.79 Å². The molecule has 0 radical (unpaired) electrons. The summed E-state index contributed by atoms with van der Waals surface area (Å²) in [5.74, 6) is -2.10. The van der Waals surface area contributed by atoms with Crippen LogP contribution < -0.4 is 10.6 Å². The molecule has 0 aromatic carbocycles. The van der Waals surface area contributed by atoms with E-state index >= 15 is 0 Å². The number of rotatable bonds is 10. The lowest BCUT2D eigenvalue weighted by Gasteiger charge is -2.17. The van der Waals surface area contributed by atoms with Gasteiger partial charge in [-0.2, -0.15) is 5.26 Å². The first-order chi connectivity index (χ1) is 10.3. The first-order valence-electron chi connectivity index (χ1n) is 7.28. The highest BCUT2D eigenvalue weighted by Gasteiger charge is 2.24. The van der Waals surface area contributed by atoms with Crippen LogP contribution in [0.2, 0.25) is 0 Å². The third kappa shape index (κ3) is 8.27. The normalized spacial score (nSPS) is 12.9. The molecule has 1 amide bonds. The highest BCUT2D eigenvalue weighted by molar-refractivity contribution is 5.99. The van der Waals surface area contributed by atoms with Crippen molar-refractivity contribution in [2.24, 2.45) is 5.92 Å². The Hall–Kier alpha value is -2.07. The maximum Gasteiger partial charge on any atom is 0.326 e. The van der Waals surface area contributed by atoms with Crippen LogP contribution in [0, 0.1) is 17.2 Å². The van der Waals surface area contributed by atoms with E-state index in [9.17, 15) is 9.59 Å². The maximum atomic E-state index is 11.9. The molecule has 0 aromatic heterocycles. The Morgan fingerprint density at radius 2 is 1.95 bits per heavy atom. The van der Waals surface area contributed by atoms with Crippen molar-refractivity contribution in [2.75, 3.05) is 13.2 Å².